The maximum Gasteiger partial charge on any atom is 0.267 e. The molecule has 76 heavy (non-hydrogen) atoms. The van der Waals surface area contributed by atoms with Crippen molar-refractivity contribution >= 4 is 41.4 Å². The number of pyridine rings is 3. The number of nitrogens with zero attached hydrogens (tertiary/aromatic N) is 13. The topological polar surface area (TPSA) is 322 Å². The second-order valence-electron chi connectivity index (χ2n) is 17.8. The summed E-state index contributed by atoms with van der Waals surface area (Å²) in [7, 11) is 0. The summed E-state index contributed by atoms with van der Waals surface area (Å²) < 4.78 is 11.6. The van der Waals surface area contributed by atoms with Gasteiger partial charge in [-0.05, 0) is 122 Å². The largest absolute Gasteiger partial charge is 0.484 e. The lowest BCUT2D eigenvalue weighted by Crippen LogP contribution is -2.41. The van der Waals surface area contributed by atoms with Gasteiger partial charge in [-0.1, -0.05) is 12.1 Å². The van der Waals surface area contributed by atoms with Crippen LogP contribution in [0.25, 0.3) is 45.8 Å². The molecule has 1 aliphatic carbocycles. The predicted molar refractivity (Wildman–Crippen MR) is 274 cm³/mol. The van der Waals surface area contributed by atoms with Gasteiger partial charge in [-0.3, -0.25) is 65.6 Å². The van der Waals surface area contributed by atoms with E-state index in [-0.39, 0.29) is 42.2 Å². The molecule has 1 fully saturated rings. The number of carbonyl (C=O) groups is 3. The van der Waals surface area contributed by atoms with Crippen molar-refractivity contribution in [2.75, 3.05) is 40.5 Å². The molecule has 6 N–H and O–H groups in total. The van der Waals surface area contributed by atoms with Crippen LogP contribution >= 0.6 is 0 Å². The molecule has 11 rings (SSSR count). The molecule has 2 aromatic carbocycles. The van der Waals surface area contributed by atoms with Crippen LogP contribution in [0.2, 0.25) is 0 Å². The van der Waals surface area contributed by atoms with Crippen LogP contribution in [-0.4, -0.2) is 114 Å². The van der Waals surface area contributed by atoms with Crippen LogP contribution in [0.5, 0.6) is 11.5 Å². The van der Waals surface area contributed by atoms with E-state index in [1.807, 2.05) is 59.5 Å². The van der Waals surface area contributed by atoms with Gasteiger partial charge in [-0.15, -0.1) is 15.3 Å². The minimum atomic E-state index is -0.856. The van der Waals surface area contributed by atoms with E-state index in [4.69, 9.17) is 19.7 Å². The normalized spacial score (nSPS) is 15.2. The van der Waals surface area contributed by atoms with Crippen LogP contribution in [0.4, 0.5) is 23.7 Å². The summed E-state index contributed by atoms with van der Waals surface area (Å²) in [5, 5.41) is 38.3. The summed E-state index contributed by atoms with van der Waals surface area (Å²) in [6.45, 7) is 2.42. The van der Waals surface area contributed by atoms with Gasteiger partial charge in [0.2, 0.25) is 23.8 Å². The highest BCUT2D eigenvalue weighted by molar-refractivity contribution is 5.93. The van der Waals surface area contributed by atoms with E-state index in [2.05, 4.69) is 81.4 Å². The van der Waals surface area contributed by atoms with Gasteiger partial charge in [0.1, 0.15) is 34.4 Å². The van der Waals surface area contributed by atoms with Crippen LogP contribution in [0.15, 0.2) is 116 Å². The standard InChI is InChI=1S/C52H45N19O5/c1-29(76-34-12-9-30(24-53)10-13-34)48(73)63-51-61-46(66-69-51)40-23-32(17-20-56-40)36-15-11-31-22-35(14-16-37(31)36)75-28-43(72)59-50-62-47(67-68-50)44-38(7-4-19-57-44)41-25-54-26-42(58-41)71-21-5-6-33(27-71)49(74)64-52-60-45(65-70-52)39-8-2-3-18-55-39/h2-4,7-10,12-14,16-20,22-23,25-26,29,33,36H,5-6,11,15,21,27-28H2,1H3,(H2,59,62,67,68,72)(H2,60,64,65,70,74)(H2,61,63,66,69,73). The number of ether oxygens (including phenoxy) is 2. The molecule has 0 radical (unpaired) electrons. The van der Waals surface area contributed by atoms with Gasteiger partial charge in [-0.25, -0.2) is 4.98 Å². The number of hydrogen-bond acceptors (Lipinski definition) is 18. The first-order valence-electron chi connectivity index (χ1n) is 24.2. The van der Waals surface area contributed by atoms with Crippen molar-refractivity contribution < 1.29 is 23.9 Å². The summed E-state index contributed by atoms with van der Waals surface area (Å²) in [5.74, 6) is 1.64. The van der Waals surface area contributed by atoms with E-state index in [1.165, 1.54) is 0 Å². The van der Waals surface area contributed by atoms with Crippen LogP contribution in [0.3, 0.4) is 0 Å². The van der Waals surface area contributed by atoms with Crippen molar-refractivity contribution in [2.24, 2.45) is 5.92 Å². The van der Waals surface area contributed by atoms with Crippen molar-refractivity contribution in [2.45, 2.75) is 44.6 Å². The minimum absolute atomic E-state index is 0.0378. The highest BCUT2D eigenvalue weighted by Gasteiger charge is 2.29. The molecule has 24 heteroatoms. The molecule has 0 spiro atoms. The van der Waals surface area contributed by atoms with Crippen LogP contribution < -0.4 is 30.3 Å². The molecule has 1 aliphatic heterocycles. The molecule has 0 bridgehead atoms. The number of aromatic nitrogens is 14. The zero-order valence-corrected chi connectivity index (χ0v) is 40.5. The fourth-order valence-electron chi connectivity index (χ4n) is 9.05. The third-order valence-electron chi connectivity index (χ3n) is 12.8. The molecule has 7 aromatic heterocycles. The van der Waals surface area contributed by atoms with E-state index < -0.39 is 17.9 Å². The van der Waals surface area contributed by atoms with Gasteiger partial charge in [0.15, 0.2) is 30.2 Å². The Morgan fingerprint density at radius 3 is 2.32 bits per heavy atom. The number of nitriles is 1. The van der Waals surface area contributed by atoms with Crippen molar-refractivity contribution in [3.63, 3.8) is 0 Å². The van der Waals surface area contributed by atoms with E-state index >= 15 is 0 Å². The number of aromatic amines is 3. The van der Waals surface area contributed by atoms with Gasteiger partial charge in [0, 0.05) is 43.2 Å². The van der Waals surface area contributed by atoms with E-state index in [0.717, 1.165) is 36.0 Å². The van der Waals surface area contributed by atoms with E-state index in [9.17, 15) is 14.4 Å². The molecule has 8 heterocycles. The second-order valence-corrected chi connectivity index (χ2v) is 17.8. The monoisotopic (exact) mass is 1020 g/mol. The summed E-state index contributed by atoms with van der Waals surface area (Å²) in [5.41, 5.74) is 6.52. The summed E-state index contributed by atoms with van der Waals surface area (Å²) in [4.78, 5) is 77.6. The number of aryl methyl sites for hydroxylation is 1. The molecule has 3 unspecified atom stereocenters. The molecular formula is C52H45N19O5. The van der Waals surface area contributed by atoms with Crippen LogP contribution in [0.1, 0.15) is 54.4 Å². The average Bonchev–Trinajstić information content (AvgIpc) is 4.32. The molecule has 2 aliphatic rings. The zero-order valence-electron chi connectivity index (χ0n) is 40.5. The van der Waals surface area contributed by atoms with Gasteiger partial charge in [0.05, 0.1) is 35.6 Å². The first-order chi connectivity index (χ1) is 37.2. The Kier molecular flexibility index (Phi) is 13.5. The van der Waals surface area contributed by atoms with E-state index in [1.54, 1.807) is 74.3 Å². The quantitative estimate of drug-likeness (QED) is 0.0655. The average molecular weight is 1020 g/mol. The second kappa shape index (κ2) is 21.4. The fourth-order valence-corrected chi connectivity index (χ4v) is 9.05. The van der Waals surface area contributed by atoms with Crippen molar-refractivity contribution in [3.05, 3.63) is 138 Å². The number of carbonyl (C=O) groups excluding carboxylic acids is 3. The Morgan fingerprint density at radius 2 is 1.50 bits per heavy atom. The van der Waals surface area contributed by atoms with E-state index in [0.29, 0.717) is 88.2 Å². The van der Waals surface area contributed by atoms with Crippen LogP contribution in [0, 0.1) is 17.2 Å². The fraction of sp³-hybridized carbons (Fsp3) is 0.212. The molecule has 9 aromatic rings. The molecule has 3 atom stereocenters. The smallest absolute Gasteiger partial charge is 0.267 e. The Bertz CT molecular complexity index is 3610. The number of piperidine rings is 1. The molecule has 24 nitrogen and oxygen atoms in total. The SMILES string of the molecule is CC(Oc1ccc(C#N)cc1)C(=O)Nc1n[nH]c(-c2cc(C3CCc4cc(OCC(=O)Nc5n[nH]c(-c6ncccc6-c6cncc(N7CCCC(C(=O)Nc8n[nH]c(-c9ccccn9)n8)C7)n6)n5)ccc43)ccn2)n1. The van der Waals surface area contributed by atoms with Gasteiger partial charge in [0.25, 0.3) is 11.8 Å². The molecule has 3 amide bonds. The Hall–Kier alpha value is -10.3. The van der Waals surface area contributed by atoms with Crippen LogP contribution in [-0.2, 0) is 20.8 Å². The number of rotatable bonds is 16. The number of anilines is 4. The highest BCUT2D eigenvalue weighted by Crippen LogP contribution is 2.40. The van der Waals surface area contributed by atoms with Crippen molar-refractivity contribution in [1.29, 1.82) is 5.26 Å². The number of amides is 3. The summed E-state index contributed by atoms with van der Waals surface area (Å²) in [6, 6.07) is 27.3. The third kappa shape index (κ3) is 10.7. The number of nitrogens with one attached hydrogen (secondary N) is 6. The number of benzene rings is 2. The first kappa shape index (κ1) is 48.0. The number of H-pyrrole nitrogens is 3. The summed E-state index contributed by atoms with van der Waals surface area (Å²) >= 11 is 0. The van der Waals surface area contributed by atoms with Gasteiger partial charge in [-0.2, -0.15) is 20.2 Å². The molecular weight excluding hydrogens is 971 g/mol. The third-order valence-corrected chi connectivity index (χ3v) is 12.8. The van der Waals surface area contributed by atoms with Gasteiger partial charge >= 0.3 is 0 Å². The predicted octanol–water partition coefficient (Wildman–Crippen LogP) is 5.91. The zero-order chi connectivity index (χ0) is 52.0. The lowest BCUT2D eigenvalue weighted by molar-refractivity contribution is -0.122. The number of hydrogen-bond donors (Lipinski definition) is 6. The molecule has 0 saturated carbocycles. The first-order valence-corrected chi connectivity index (χ1v) is 24.2. The summed E-state index contributed by atoms with van der Waals surface area (Å²) in [6.07, 6.45) is 10.5. The number of fused-ring (bicyclic) bond motifs is 1. The Morgan fingerprint density at radius 1 is 0.750 bits per heavy atom. The van der Waals surface area contributed by atoms with Gasteiger partial charge < -0.3 is 14.4 Å². The minimum Gasteiger partial charge on any atom is -0.484 e. The maximum absolute atomic E-state index is 13.4. The Balaban J connectivity index is 0.678. The highest BCUT2D eigenvalue weighted by atomic mass is 16.5. The Labute approximate surface area is 432 Å². The van der Waals surface area contributed by atoms with Crippen molar-refractivity contribution in [3.8, 4) is 63.4 Å². The molecule has 378 valence electrons. The lowest BCUT2D eigenvalue weighted by Gasteiger charge is -2.32. The molecule has 1 saturated heterocycles. The lowest BCUT2D eigenvalue weighted by atomic mass is 9.93. The van der Waals surface area contributed by atoms with Crippen molar-refractivity contribution in [1.82, 2.24) is 70.5 Å². The maximum atomic E-state index is 13.4.